The molecule has 1 atom stereocenters. The van der Waals surface area contributed by atoms with E-state index in [-0.39, 0.29) is 29.7 Å². The van der Waals surface area contributed by atoms with Gasteiger partial charge in [-0.05, 0) is 56.6 Å². The van der Waals surface area contributed by atoms with Gasteiger partial charge in [0.15, 0.2) is 0 Å². The molecule has 0 radical (unpaired) electrons. The molecule has 0 spiro atoms. The highest BCUT2D eigenvalue weighted by molar-refractivity contribution is 5.89. The summed E-state index contributed by atoms with van der Waals surface area (Å²) in [7, 11) is 0. The van der Waals surface area contributed by atoms with E-state index in [1.807, 2.05) is 43.3 Å². The fourth-order valence-electron chi connectivity index (χ4n) is 4.94. The van der Waals surface area contributed by atoms with Gasteiger partial charge in [-0.3, -0.25) is 4.79 Å². The van der Waals surface area contributed by atoms with Crippen LogP contribution in [-0.4, -0.2) is 67.6 Å². The molecule has 0 aliphatic carbocycles. The number of piperazine rings is 1. The molecule has 0 saturated carbocycles. The van der Waals surface area contributed by atoms with Crippen LogP contribution in [0, 0.1) is 11.7 Å². The second-order valence-corrected chi connectivity index (χ2v) is 9.41. The summed E-state index contributed by atoms with van der Waals surface area (Å²) < 4.78 is 14.2. The molecule has 188 valence electrons. The third kappa shape index (κ3) is 6.31. The highest BCUT2D eigenvalue weighted by atomic mass is 19.1. The predicted octanol–water partition coefficient (Wildman–Crippen LogP) is 4.09. The summed E-state index contributed by atoms with van der Waals surface area (Å²) in [5.74, 6) is -0.496. The summed E-state index contributed by atoms with van der Waals surface area (Å²) in [5.41, 5.74) is 2.55. The van der Waals surface area contributed by atoms with Crippen molar-refractivity contribution in [1.29, 1.82) is 0 Å². The SMILES string of the molecule is CCN1CCN(c2ccc(F)cc2C(C)NC(=O)C2CCN(C(=O)Nc3ccccc3)CC2)CC1. The monoisotopic (exact) mass is 481 g/mol. The summed E-state index contributed by atoms with van der Waals surface area (Å²) in [6, 6.07) is 13.8. The molecule has 8 heteroatoms. The zero-order valence-electron chi connectivity index (χ0n) is 20.7. The average molecular weight is 482 g/mol. The van der Waals surface area contributed by atoms with E-state index in [1.165, 1.54) is 6.07 Å². The van der Waals surface area contributed by atoms with Crippen LogP contribution >= 0.6 is 0 Å². The van der Waals surface area contributed by atoms with Crippen LogP contribution in [0.4, 0.5) is 20.6 Å². The lowest BCUT2D eigenvalue weighted by Crippen LogP contribution is -2.47. The zero-order chi connectivity index (χ0) is 24.8. The molecule has 2 N–H and O–H groups in total. The second-order valence-electron chi connectivity index (χ2n) is 9.41. The van der Waals surface area contributed by atoms with Crippen LogP contribution in [-0.2, 0) is 4.79 Å². The molecule has 35 heavy (non-hydrogen) atoms. The minimum Gasteiger partial charge on any atom is -0.369 e. The Labute approximate surface area is 207 Å². The van der Waals surface area contributed by atoms with Gasteiger partial charge in [0, 0.05) is 62.1 Å². The lowest BCUT2D eigenvalue weighted by Gasteiger charge is -2.37. The van der Waals surface area contributed by atoms with Crippen LogP contribution in [0.5, 0.6) is 0 Å². The maximum atomic E-state index is 14.2. The fraction of sp³-hybridized carbons (Fsp3) is 0.481. The first-order valence-corrected chi connectivity index (χ1v) is 12.6. The van der Waals surface area contributed by atoms with Crippen LogP contribution in [0.2, 0.25) is 0 Å². The average Bonchev–Trinajstić information content (AvgIpc) is 2.89. The van der Waals surface area contributed by atoms with E-state index in [2.05, 4.69) is 27.4 Å². The van der Waals surface area contributed by atoms with E-state index in [0.29, 0.717) is 25.9 Å². The summed E-state index contributed by atoms with van der Waals surface area (Å²) in [5, 5.41) is 6.02. The van der Waals surface area contributed by atoms with Crippen molar-refractivity contribution < 1.29 is 14.0 Å². The quantitative estimate of drug-likeness (QED) is 0.652. The highest BCUT2D eigenvalue weighted by Crippen LogP contribution is 2.29. The number of likely N-dealkylation sites (N-methyl/N-ethyl adjacent to an activating group) is 1. The number of anilines is 2. The summed E-state index contributed by atoms with van der Waals surface area (Å²) >= 11 is 0. The van der Waals surface area contributed by atoms with Crippen molar-refractivity contribution in [2.45, 2.75) is 32.7 Å². The lowest BCUT2D eigenvalue weighted by atomic mass is 9.95. The number of nitrogens with zero attached hydrogens (tertiary/aromatic N) is 3. The lowest BCUT2D eigenvalue weighted by molar-refractivity contribution is -0.126. The third-order valence-electron chi connectivity index (χ3n) is 7.15. The molecule has 2 aliphatic rings. The second kappa shape index (κ2) is 11.5. The van der Waals surface area contributed by atoms with Gasteiger partial charge in [-0.1, -0.05) is 25.1 Å². The first kappa shape index (κ1) is 25.0. The molecule has 2 aromatic rings. The first-order valence-electron chi connectivity index (χ1n) is 12.6. The van der Waals surface area contributed by atoms with E-state index < -0.39 is 0 Å². The van der Waals surface area contributed by atoms with Crippen molar-refractivity contribution in [1.82, 2.24) is 15.1 Å². The Morgan fingerprint density at radius 1 is 1.00 bits per heavy atom. The van der Waals surface area contributed by atoms with Gasteiger partial charge in [0.05, 0.1) is 6.04 Å². The zero-order valence-corrected chi connectivity index (χ0v) is 20.7. The number of carbonyl (C=O) groups excluding carboxylic acids is 2. The van der Waals surface area contributed by atoms with Gasteiger partial charge in [-0.2, -0.15) is 0 Å². The summed E-state index contributed by atoms with van der Waals surface area (Å²) in [4.78, 5) is 32.0. The molecule has 2 aromatic carbocycles. The molecular formula is C27H36FN5O2. The minimum atomic E-state index is -0.309. The van der Waals surface area contributed by atoms with Crippen molar-refractivity contribution in [2.75, 3.05) is 56.0 Å². The van der Waals surface area contributed by atoms with Gasteiger partial charge in [-0.15, -0.1) is 0 Å². The summed E-state index contributed by atoms with van der Waals surface area (Å²) in [6.45, 7) is 9.89. The Morgan fingerprint density at radius 3 is 2.34 bits per heavy atom. The Balaban J connectivity index is 1.33. The van der Waals surface area contributed by atoms with Crippen LogP contribution in [0.1, 0.15) is 38.3 Å². The Hall–Kier alpha value is -3.13. The van der Waals surface area contributed by atoms with Crippen LogP contribution < -0.4 is 15.5 Å². The number of carbonyl (C=O) groups is 2. The Morgan fingerprint density at radius 2 is 1.69 bits per heavy atom. The maximum absolute atomic E-state index is 14.2. The standard InChI is InChI=1S/C27H36FN5O2/c1-3-31-15-17-32(18-16-31)25-10-9-22(28)19-24(25)20(2)29-26(34)21-11-13-33(14-12-21)27(35)30-23-7-5-4-6-8-23/h4-10,19-21H,3,11-18H2,1-2H3,(H,29,34)(H,30,35). The Bertz CT molecular complexity index is 1000. The largest absolute Gasteiger partial charge is 0.369 e. The van der Waals surface area contributed by atoms with Crippen molar-refractivity contribution in [3.8, 4) is 0 Å². The Kier molecular flexibility index (Phi) is 8.23. The predicted molar refractivity (Wildman–Crippen MR) is 137 cm³/mol. The number of likely N-dealkylation sites (tertiary alicyclic amines) is 1. The van der Waals surface area contributed by atoms with E-state index in [0.717, 1.165) is 49.7 Å². The third-order valence-corrected chi connectivity index (χ3v) is 7.15. The molecule has 1 unspecified atom stereocenters. The number of nitrogens with one attached hydrogen (secondary N) is 2. The summed E-state index contributed by atoms with van der Waals surface area (Å²) in [6.07, 6.45) is 1.21. The molecule has 2 heterocycles. The molecule has 3 amide bonds. The number of benzene rings is 2. The van der Waals surface area contributed by atoms with Crippen molar-refractivity contribution >= 4 is 23.3 Å². The number of piperidine rings is 1. The van der Waals surface area contributed by atoms with Gasteiger partial charge in [0.25, 0.3) is 0 Å². The van der Waals surface area contributed by atoms with Gasteiger partial charge >= 0.3 is 6.03 Å². The van der Waals surface area contributed by atoms with Crippen molar-refractivity contribution in [2.24, 2.45) is 5.92 Å². The van der Waals surface area contributed by atoms with E-state index in [9.17, 15) is 14.0 Å². The number of hydrogen-bond donors (Lipinski definition) is 2. The number of halogens is 1. The van der Waals surface area contributed by atoms with Crippen molar-refractivity contribution in [3.63, 3.8) is 0 Å². The molecule has 4 rings (SSSR count). The number of amides is 3. The number of hydrogen-bond acceptors (Lipinski definition) is 4. The van der Waals surface area contributed by atoms with Gasteiger partial charge in [0.1, 0.15) is 5.82 Å². The number of para-hydroxylation sites is 1. The molecule has 0 bridgehead atoms. The van der Waals surface area contributed by atoms with E-state index in [1.54, 1.807) is 11.0 Å². The first-order chi connectivity index (χ1) is 16.9. The fourth-order valence-corrected chi connectivity index (χ4v) is 4.94. The maximum Gasteiger partial charge on any atom is 0.321 e. The smallest absolute Gasteiger partial charge is 0.321 e. The van der Waals surface area contributed by atoms with Crippen LogP contribution in [0.15, 0.2) is 48.5 Å². The van der Waals surface area contributed by atoms with E-state index >= 15 is 0 Å². The topological polar surface area (TPSA) is 67.9 Å². The van der Waals surface area contributed by atoms with Gasteiger partial charge in [0.2, 0.25) is 5.91 Å². The number of rotatable bonds is 6. The van der Waals surface area contributed by atoms with Crippen LogP contribution in [0.3, 0.4) is 0 Å². The normalized spacial score (nSPS) is 18.3. The minimum absolute atomic E-state index is 0.0355. The molecule has 2 saturated heterocycles. The van der Waals surface area contributed by atoms with E-state index in [4.69, 9.17) is 0 Å². The molecular weight excluding hydrogens is 445 g/mol. The highest BCUT2D eigenvalue weighted by Gasteiger charge is 2.29. The number of urea groups is 1. The van der Waals surface area contributed by atoms with Gasteiger partial charge in [-0.25, -0.2) is 9.18 Å². The molecule has 0 aromatic heterocycles. The van der Waals surface area contributed by atoms with Crippen molar-refractivity contribution in [3.05, 3.63) is 59.9 Å². The van der Waals surface area contributed by atoms with Gasteiger partial charge < -0.3 is 25.3 Å². The molecule has 7 nitrogen and oxygen atoms in total. The van der Waals surface area contributed by atoms with Crippen LogP contribution in [0.25, 0.3) is 0 Å². The molecule has 2 fully saturated rings. The molecule has 2 aliphatic heterocycles.